The number of esters is 1. The molecule has 1 atom stereocenters. The van der Waals surface area contributed by atoms with Crippen LogP contribution in [-0.2, 0) is 9.53 Å². The zero-order valence-electron chi connectivity index (χ0n) is 15.4. The van der Waals surface area contributed by atoms with Crippen molar-refractivity contribution in [1.29, 1.82) is 0 Å². The molecule has 2 aromatic carbocycles. The molecule has 5 nitrogen and oxygen atoms in total. The van der Waals surface area contributed by atoms with E-state index in [1.54, 1.807) is 12.1 Å². The minimum atomic E-state index is -0.622. The third-order valence-corrected chi connectivity index (χ3v) is 4.52. The Kier molecular flexibility index (Phi) is 5.81. The van der Waals surface area contributed by atoms with Gasteiger partial charge in [-0.3, -0.25) is 4.79 Å². The van der Waals surface area contributed by atoms with Gasteiger partial charge >= 0.3 is 5.97 Å². The molecule has 0 spiro atoms. The van der Waals surface area contributed by atoms with E-state index in [1.165, 1.54) is 5.56 Å². The largest absolute Gasteiger partial charge is 0.451 e. The van der Waals surface area contributed by atoms with Gasteiger partial charge in [0.2, 0.25) is 0 Å². The number of aromatic nitrogens is 1. The fourth-order valence-electron chi connectivity index (χ4n) is 2.71. The molecule has 1 aromatic heterocycles. The summed E-state index contributed by atoms with van der Waals surface area (Å²) in [4.78, 5) is 28.4. The summed E-state index contributed by atoms with van der Waals surface area (Å²) in [5.74, 6) is -0.534. The van der Waals surface area contributed by atoms with Gasteiger partial charge in [-0.25, -0.2) is 9.78 Å². The van der Waals surface area contributed by atoms with E-state index in [0.717, 1.165) is 11.8 Å². The van der Waals surface area contributed by atoms with Crippen LogP contribution in [0.5, 0.6) is 0 Å². The lowest BCUT2D eigenvalue weighted by atomic mass is 9.99. The van der Waals surface area contributed by atoms with Crippen molar-refractivity contribution in [3.05, 3.63) is 71.9 Å². The molecule has 0 saturated heterocycles. The average Bonchev–Trinajstić information content (AvgIpc) is 2.71. The van der Waals surface area contributed by atoms with Gasteiger partial charge in [0.15, 0.2) is 6.61 Å². The van der Waals surface area contributed by atoms with Crippen LogP contribution in [0.1, 0.15) is 42.2 Å². The molecule has 0 aliphatic heterocycles. The summed E-state index contributed by atoms with van der Waals surface area (Å²) >= 11 is 0. The number of ether oxygens (including phenoxy) is 1. The average molecular weight is 362 g/mol. The maximum absolute atomic E-state index is 12.1. The Labute approximate surface area is 158 Å². The zero-order valence-corrected chi connectivity index (χ0v) is 15.4. The van der Waals surface area contributed by atoms with Gasteiger partial charge in [-0.05, 0) is 42.2 Å². The third-order valence-electron chi connectivity index (χ3n) is 4.52. The molecule has 138 valence electrons. The van der Waals surface area contributed by atoms with Crippen molar-refractivity contribution in [2.24, 2.45) is 0 Å². The molecular weight excluding hydrogens is 340 g/mol. The summed E-state index contributed by atoms with van der Waals surface area (Å²) in [5.41, 5.74) is 2.79. The number of carbonyl (C=O) groups is 2. The smallest absolute Gasteiger partial charge is 0.357 e. The molecule has 0 radical (unpaired) electrons. The second-order valence-electron chi connectivity index (χ2n) is 6.44. The molecule has 0 fully saturated rings. The predicted molar refractivity (Wildman–Crippen MR) is 106 cm³/mol. The summed E-state index contributed by atoms with van der Waals surface area (Å²) in [6.45, 7) is 3.94. The summed E-state index contributed by atoms with van der Waals surface area (Å²) < 4.78 is 5.08. The molecule has 1 heterocycles. The van der Waals surface area contributed by atoms with Crippen LogP contribution in [0.3, 0.4) is 0 Å². The summed E-state index contributed by atoms with van der Waals surface area (Å²) in [6, 6.07) is 18.6. The second-order valence-corrected chi connectivity index (χ2v) is 6.44. The molecule has 3 aromatic rings. The SMILES string of the molecule is CC[C@@H](C)c1ccc(NC(=O)COC(=O)c2ccc3ccccc3n2)cc1. The maximum atomic E-state index is 12.1. The first-order chi connectivity index (χ1) is 13.1. The lowest BCUT2D eigenvalue weighted by Crippen LogP contribution is -2.21. The van der Waals surface area contributed by atoms with Gasteiger partial charge < -0.3 is 10.1 Å². The molecule has 1 amide bonds. The van der Waals surface area contributed by atoms with Crippen LogP contribution in [0.4, 0.5) is 5.69 Å². The number of benzene rings is 2. The number of hydrogen-bond donors (Lipinski definition) is 1. The van der Waals surface area contributed by atoms with Crippen LogP contribution in [0.2, 0.25) is 0 Å². The van der Waals surface area contributed by atoms with Crippen LogP contribution >= 0.6 is 0 Å². The fourth-order valence-corrected chi connectivity index (χ4v) is 2.71. The number of nitrogens with zero attached hydrogens (tertiary/aromatic N) is 1. The number of nitrogens with one attached hydrogen (secondary N) is 1. The highest BCUT2D eigenvalue weighted by Gasteiger charge is 2.12. The normalized spacial score (nSPS) is 11.8. The standard InChI is InChI=1S/C22H22N2O3/c1-3-15(2)16-8-11-18(12-9-16)23-21(25)14-27-22(26)20-13-10-17-6-4-5-7-19(17)24-20/h4-13,15H,3,14H2,1-2H3,(H,23,25)/t15-/m1/s1. The van der Waals surface area contributed by atoms with E-state index in [9.17, 15) is 9.59 Å². The van der Waals surface area contributed by atoms with Crippen LogP contribution in [0, 0.1) is 0 Å². The molecular formula is C22H22N2O3. The van der Waals surface area contributed by atoms with Gasteiger partial charge in [0.25, 0.3) is 5.91 Å². The first-order valence-corrected chi connectivity index (χ1v) is 8.99. The Bertz CT molecular complexity index is 951. The van der Waals surface area contributed by atoms with Crippen molar-refractivity contribution in [2.45, 2.75) is 26.2 Å². The molecule has 1 N–H and O–H groups in total. The highest BCUT2D eigenvalue weighted by molar-refractivity contribution is 5.95. The number of fused-ring (bicyclic) bond motifs is 1. The van der Waals surface area contributed by atoms with Crippen molar-refractivity contribution < 1.29 is 14.3 Å². The topological polar surface area (TPSA) is 68.3 Å². The van der Waals surface area contributed by atoms with E-state index in [2.05, 4.69) is 24.1 Å². The van der Waals surface area contributed by atoms with Crippen LogP contribution in [0.15, 0.2) is 60.7 Å². The lowest BCUT2D eigenvalue weighted by molar-refractivity contribution is -0.119. The predicted octanol–water partition coefficient (Wildman–Crippen LogP) is 4.54. The first-order valence-electron chi connectivity index (χ1n) is 8.99. The Hall–Kier alpha value is -3.21. The maximum Gasteiger partial charge on any atom is 0.357 e. The Morgan fingerprint density at radius 3 is 2.52 bits per heavy atom. The van der Waals surface area contributed by atoms with E-state index in [0.29, 0.717) is 17.1 Å². The van der Waals surface area contributed by atoms with Crippen molar-refractivity contribution in [2.75, 3.05) is 11.9 Å². The van der Waals surface area contributed by atoms with Gasteiger partial charge in [0.05, 0.1) is 5.52 Å². The second kappa shape index (κ2) is 8.45. The van der Waals surface area contributed by atoms with Crippen LogP contribution in [0.25, 0.3) is 10.9 Å². The van der Waals surface area contributed by atoms with Crippen molar-refractivity contribution >= 4 is 28.5 Å². The highest BCUT2D eigenvalue weighted by atomic mass is 16.5. The van der Waals surface area contributed by atoms with E-state index >= 15 is 0 Å². The van der Waals surface area contributed by atoms with E-state index in [4.69, 9.17) is 4.74 Å². The molecule has 0 aliphatic rings. The Morgan fingerprint density at radius 1 is 1.04 bits per heavy atom. The molecule has 5 heteroatoms. The molecule has 0 saturated carbocycles. The number of pyridine rings is 1. The first kappa shape index (κ1) is 18.6. The monoisotopic (exact) mass is 362 g/mol. The molecule has 0 unspecified atom stereocenters. The van der Waals surface area contributed by atoms with Gasteiger partial charge in [0, 0.05) is 11.1 Å². The van der Waals surface area contributed by atoms with Crippen molar-refractivity contribution in [3.63, 3.8) is 0 Å². The minimum Gasteiger partial charge on any atom is -0.451 e. The van der Waals surface area contributed by atoms with E-state index < -0.39 is 5.97 Å². The minimum absolute atomic E-state index is 0.180. The van der Waals surface area contributed by atoms with Crippen molar-refractivity contribution in [1.82, 2.24) is 4.98 Å². The number of para-hydroxylation sites is 1. The zero-order chi connectivity index (χ0) is 19.2. The quantitative estimate of drug-likeness (QED) is 0.654. The Morgan fingerprint density at radius 2 is 1.78 bits per heavy atom. The molecule has 0 aliphatic carbocycles. The van der Waals surface area contributed by atoms with Gasteiger partial charge in [-0.1, -0.05) is 50.2 Å². The number of carbonyl (C=O) groups excluding carboxylic acids is 2. The number of amides is 1. The van der Waals surface area contributed by atoms with Gasteiger partial charge in [-0.2, -0.15) is 0 Å². The number of hydrogen-bond acceptors (Lipinski definition) is 4. The third kappa shape index (κ3) is 4.70. The molecule has 3 rings (SSSR count). The lowest BCUT2D eigenvalue weighted by Gasteiger charge is -2.10. The molecule has 0 bridgehead atoms. The van der Waals surface area contributed by atoms with Crippen molar-refractivity contribution in [3.8, 4) is 0 Å². The summed E-state index contributed by atoms with van der Waals surface area (Å²) in [7, 11) is 0. The van der Waals surface area contributed by atoms with Gasteiger partial charge in [-0.15, -0.1) is 0 Å². The molecule has 27 heavy (non-hydrogen) atoms. The summed E-state index contributed by atoms with van der Waals surface area (Å²) in [6.07, 6.45) is 1.06. The number of anilines is 1. The Balaban J connectivity index is 1.55. The van der Waals surface area contributed by atoms with Crippen LogP contribution < -0.4 is 5.32 Å². The fraction of sp³-hybridized carbons (Fsp3) is 0.227. The van der Waals surface area contributed by atoms with E-state index in [1.807, 2.05) is 48.5 Å². The van der Waals surface area contributed by atoms with E-state index in [-0.39, 0.29) is 18.2 Å². The van der Waals surface area contributed by atoms with Crippen LogP contribution in [-0.4, -0.2) is 23.5 Å². The van der Waals surface area contributed by atoms with Gasteiger partial charge in [0.1, 0.15) is 5.69 Å². The number of rotatable bonds is 6. The highest BCUT2D eigenvalue weighted by Crippen LogP contribution is 2.20. The summed E-state index contributed by atoms with van der Waals surface area (Å²) in [5, 5.41) is 3.66.